The number of carbonyl (C=O) groups excluding carboxylic acids is 3. The van der Waals surface area contributed by atoms with Crippen molar-refractivity contribution in [2.75, 3.05) is 10.2 Å². The van der Waals surface area contributed by atoms with Gasteiger partial charge in [-0.15, -0.1) is 11.3 Å². The van der Waals surface area contributed by atoms with E-state index < -0.39 is 23.4 Å². The number of nitrogens with one attached hydrogen (secondary N) is 1. The average Bonchev–Trinajstić information content (AvgIpc) is 3.70. The van der Waals surface area contributed by atoms with Gasteiger partial charge < -0.3 is 10.2 Å². The van der Waals surface area contributed by atoms with E-state index in [0.717, 1.165) is 40.8 Å². The molecule has 5 nitrogen and oxygen atoms in total. The van der Waals surface area contributed by atoms with Crippen molar-refractivity contribution in [3.05, 3.63) is 124 Å². The van der Waals surface area contributed by atoms with Crippen LogP contribution in [-0.4, -0.2) is 29.6 Å². The van der Waals surface area contributed by atoms with Crippen LogP contribution in [-0.2, 0) is 16.6 Å². The molecule has 0 saturated carbocycles. The summed E-state index contributed by atoms with van der Waals surface area (Å²) in [4.78, 5) is 46.5. The van der Waals surface area contributed by atoms with Gasteiger partial charge in [-0.1, -0.05) is 86.2 Å². The van der Waals surface area contributed by atoms with Crippen molar-refractivity contribution in [1.82, 2.24) is 0 Å². The molecule has 7 rings (SSSR count). The molecule has 0 unspecified atom stereocenters. The number of hydrogen-bond acceptors (Lipinski definition) is 5. The van der Waals surface area contributed by atoms with Crippen LogP contribution in [0.1, 0.15) is 57.0 Å². The second-order valence-corrected chi connectivity index (χ2v) is 12.1. The first-order chi connectivity index (χ1) is 20.0. The first kappa shape index (κ1) is 25.7. The Morgan fingerprint density at radius 2 is 1.68 bits per heavy atom. The van der Waals surface area contributed by atoms with Gasteiger partial charge in [-0.25, -0.2) is 0 Å². The molecule has 1 N–H and O–H groups in total. The molecule has 41 heavy (non-hydrogen) atoms. The van der Waals surface area contributed by atoms with E-state index in [1.54, 1.807) is 0 Å². The third-order valence-electron chi connectivity index (χ3n) is 8.98. The maximum atomic E-state index is 14.9. The molecule has 1 amide bonds. The Bertz CT molecular complexity index is 1720. The van der Waals surface area contributed by atoms with E-state index in [1.165, 1.54) is 11.3 Å². The molecule has 3 aliphatic heterocycles. The van der Waals surface area contributed by atoms with Crippen molar-refractivity contribution in [2.24, 2.45) is 5.92 Å². The molecular weight excluding hydrogens is 528 g/mol. The summed E-state index contributed by atoms with van der Waals surface area (Å²) < 4.78 is 0. The van der Waals surface area contributed by atoms with Gasteiger partial charge in [0.05, 0.1) is 16.8 Å². The van der Waals surface area contributed by atoms with E-state index in [2.05, 4.69) is 23.2 Å². The zero-order chi connectivity index (χ0) is 28.3. The molecule has 0 aliphatic carbocycles. The summed E-state index contributed by atoms with van der Waals surface area (Å²) in [6.45, 7) is 4.17. The Morgan fingerprint density at radius 3 is 2.44 bits per heavy atom. The Balaban J connectivity index is 1.52. The minimum absolute atomic E-state index is 0.136. The normalized spacial score (nSPS) is 24.0. The Morgan fingerprint density at radius 1 is 0.927 bits per heavy atom. The van der Waals surface area contributed by atoms with Gasteiger partial charge in [-0.05, 0) is 53.6 Å². The molecule has 0 bridgehead atoms. The van der Waals surface area contributed by atoms with Crippen LogP contribution in [0.15, 0.2) is 96.4 Å². The number of Topliss-reactive ketones (excluding diaryl/α,β-unsaturated/α-hetero) is 2. The number of amides is 1. The molecule has 1 aromatic heterocycles. The Labute approximate surface area is 243 Å². The lowest BCUT2D eigenvalue weighted by Crippen LogP contribution is -2.51. The lowest BCUT2D eigenvalue weighted by molar-refractivity contribution is -0.121. The molecule has 3 aliphatic rings. The number of nitrogens with zero attached hydrogens (tertiary/aromatic N) is 1. The zero-order valence-electron chi connectivity index (χ0n) is 23.0. The second-order valence-electron chi connectivity index (χ2n) is 11.2. The summed E-state index contributed by atoms with van der Waals surface area (Å²) in [7, 11) is 0. The standard InChI is InChI=1S/C35H30N2O3S/c1-3-9-22-15-17-23(18-16-22)32(38)30-31(33(39)28-14-8-19-41-28)37-27-13-7-4-10-24(27)21(2)20-29(37)35(30)25-11-5-6-12-26(25)36-34(35)40/h4-8,10-20,29-31H,3,9H2,1-2H3,(H,36,40)/t29-,30+,31+,35+/m1/s1. The highest BCUT2D eigenvalue weighted by atomic mass is 32.1. The molecular formula is C35H30N2O3S. The summed E-state index contributed by atoms with van der Waals surface area (Å²) >= 11 is 1.37. The largest absolute Gasteiger partial charge is 0.352 e. The summed E-state index contributed by atoms with van der Waals surface area (Å²) in [6, 6.07) is 25.6. The number of para-hydroxylation sites is 2. The van der Waals surface area contributed by atoms with Crippen LogP contribution in [0.2, 0.25) is 0 Å². The number of ketones is 2. The predicted octanol–water partition coefficient (Wildman–Crippen LogP) is 6.95. The van der Waals surface area contributed by atoms with Gasteiger partial charge in [-0.3, -0.25) is 14.4 Å². The van der Waals surface area contributed by atoms with Crippen molar-refractivity contribution in [2.45, 2.75) is 44.2 Å². The third-order valence-corrected chi connectivity index (χ3v) is 9.86. The first-order valence-corrected chi connectivity index (χ1v) is 15.0. The van der Waals surface area contributed by atoms with Crippen LogP contribution in [0.5, 0.6) is 0 Å². The number of thiophene rings is 1. The maximum absolute atomic E-state index is 14.9. The fourth-order valence-electron chi connectivity index (χ4n) is 7.26. The third kappa shape index (κ3) is 3.63. The van der Waals surface area contributed by atoms with Gasteiger partial charge in [-0.2, -0.15) is 0 Å². The average molecular weight is 559 g/mol. The Hall–Kier alpha value is -4.29. The van der Waals surface area contributed by atoms with Gasteiger partial charge >= 0.3 is 0 Å². The molecule has 1 fully saturated rings. The van der Waals surface area contributed by atoms with Gasteiger partial charge in [0.25, 0.3) is 0 Å². The fraction of sp³-hybridized carbons (Fsp3) is 0.229. The number of anilines is 2. The minimum atomic E-state index is -1.29. The summed E-state index contributed by atoms with van der Waals surface area (Å²) in [5.74, 6) is -1.51. The topological polar surface area (TPSA) is 66.5 Å². The van der Waals surface area contributed by atoms with Crippen molar-refractivity contribution in [3.8, 4) is 0 Å². The molecule has 204 valence electrons. The van der Waals surface area contributed by atoms with Crippen molar-refractivity contribution < 1.29 is 14.4 Å². The van der Waals surface area contributed by atoms with E-state index in [9.17, 15) is 14.4 Å². The van der Waals surface area contributed by atoms with Crippen LogP contribution >= 0.6 is 11.3 Å². The van der Waals surface area contributed by atoms with Crippen LogP contribution in [0, 0.1) is 5.92 Å². The highest BCUT2D eigenvalue weighted by Gasteiger charge is 2.70. The first-order valence-electron chi connectivity index (χ1n) is 14.1. The van der Waals surface area contributed by atoms with Crippen LogP contribution in [0.3, 0.4) is 0 Å². The van der Waals surface area contributed by atoms with Crippen molar-refractivity contribution in [1.29, 1.82) is 0 Å². The van der Waals surface area contributed by atoms with Crippen LogP contribution < -0.4 is 10.2 Å². The maximum Gasteiger partial charge on any atom is 0.238 e. The lowest BCUT2D eigenvalue weighted by Gasteiger charge is -2.39. The van der Waals surface area contributed by atoms with Gasteiger partial charge in [0.15, 0.2) is 11.6 Å². The molecule has 4 atom stereocenters. The molecule has 3 aromatic carbocycles. The van der Waals surface area contributed by atoms with Crippen molar-refractivity contribution >= 4 is 45.8 Å². The number of benzene rings is 3. The SMILES string of the molecule is CCCc1ccc(C(=O)[C@@H]2[C@@H](C(=O)c3cccs3)N3c4ccccc4C(C)=C[C@@H]3[C@]23C(=O)Nc2ccccc23)cc1. The molecule has 0 radical (unpaired) electrons. The molecule has 1 spiro atoms. The van der Waals surface area contributed by atoms with E-state index in [0.29, 0.717) is 16.1 Å². The minimum Gasteiger partial charge on any atom is -0.352 e. The number of carbonyl (C=O) groups is 3. The predicted molar refractivity (Wildman–Crippen MR) is 164 cm³/mol. The highest BCUT2D eigenvalue weighted by Crippen LogP contribution is 2.58. The molecule has 6 heteroatoms. The summed E-state index contributed by atoms with van der Waals surface area (Å²) in [5.41, 5.74) is 4.76. The zero-order valence-corrected chi connectivity index (χ0v) is 23.8. The number of fused-ring (bicyclic) bond motifs is 6. The summed E-state index contributed by atoms with van der Waals surface area (Å²) in [5, 5.41) is 4.98. The smallest absolute Gasteiger partial charge is 0.238 e. The lowest BCUT2D eigenvalue weighted by atomic mass is 9.64. The molecule has 1 saturated heterocycles. The van der Waals surface area contributed by atoms with E-state index >= 15 is 0 Å². The number of hydrogen-bond donors (Lipinski definition) is 1. The van der Waals surface area contributed by atoms with Gasteiger partial charge in [0.1, 0.15) is 11.5 Å². The van der Waals surface area contributed by atoms with Crippen LogP contribution in [0.25, 0.3) is 5.57 Å². The van der Waals surface area contributed by atoms with Crippen LogP contribution in [0.4, 0.5) is 11.4 Å². The fourth-order valence-corrected chi connectivity index (χ4v) is 7.95. The number of rotatable bonds is 6. The Kier molecular flexibility index (Phi) is 6.05. The highest BCUT2D eigenvalue weighted by molar-refractivity contribution is 7.12. The van der Waals surface area contributed by atoms with Gasteiger partial charge in [0, 0.05) is 22.5 Å². The quantitative estimate of drug-likeness (QED) is 0.260. The second kappa shape index (κ2) is 9.67. The van der Waals surface area contributed by atoms with Gasteiger partial charge in [0.2, 0.25) is 5.91 Å². The molecule has 4 aromatic rings. The van der Waals surface area contributed by atoms with E-state index in [-0.39, 0.29) is 17.5 Å². The van der Waals surface area contributed by atoms with Crippen molar-refractivity contribution in [3.63, 3.8) is 0 Å². The van der Waals surface area contributed by atoms with E-state index in [1.807, 2.05) is 97.2 Å². The monoisotopic (exact) mass is 558 g/mol. The number of allylic oxidation sites excluding steroid dienone is 1. The van der Waals surface area contributed by atoms with E-state index in [4.69, 9.17) is 0 Å². The summed E-state index contributed by atoms with van der Waals surface area (Å²) in [6.07, 6.45) is 4.03. The molecule has 4 heterocycles. The number of aryl methyl sites for hydroxylation is 1.